The Morgan fingerprint density at radius 1 is 1.09 bits per heavy atom. The summed E-state index contributed by atoms with van der Waals surface area (Å²) in [7, 11) is 0. The Balaban J connectivity index is 1.89. The number of rotatable bonds is 8. The second-order valence-corrected chi connectivity index (χ2v) is 9.99. The Bertz CT molecular complexity index is 975. The molecule has 3 atom stereocenters. The van der Waals surface area contributed by atoms with Crippen LogP contribution in [0, 0.1) is 0 Å². The average Bonchev–Trinajstić information content (AvgIpc) is 2.78. The van der Waals surface area contributed by atoms with E-state index in [0.717, 1.165) is 27.8 Å². The molecule has 1 saturated heterocycles. The summed E-state index contributed by atoms with van der Waals surface area (Å²) in [6.07, 6.45) is 4.04. The molecule has 1 aliphatic rings. The van der Waals surface area contributed by atoms with Gasteiger partial charge in [0.2, 0.25) is 0 Å². The second-order valence-electron chi connectivity index (χ2n) is 8.28. The molecule has 0 radical (unpaired) electrons. The van der Waals surface area contributed by atoms with Gasteiger partial charge in [-0.3, -0.25) is 9.59 Å². The quantitative estimate of drug-likeness (QED) is 0.304. The van der Waals surface area contributed by atoms with Crippen molar-refractivity contribution in [2.24, 2.45) is 0 Å². The number of carbonyl (C=O) groups is 2. The summed E-state index contributed by atoms with van der Waals surface area (Å²) in [5, 5.41) is 0. The summed E-state index contributed by atoms with van der Waals surface area (Å²) in [5.41, 5.74) is 4.80. The van der Waals surface area contributed by atoms with Crippen molar-refractivity contribution in [3.8, 4) is 0 Å². The minimum Gasteiger partial charge on any atom is -0.463 e. The number of aryl methyl sites for hydroxylation is 1. The van der Waals surface area contributed by atoms with Crippen LogP contribution >= 0.6 is 27.7 Å². The molecule has 7 heteroatoms. The highest BCUT2D eigenvalue weighted by atomic mass is 79.9. The molecule has 1 fully saturated rings. The average molecular weight is 536 g/mol. The van der Waals surface area contributed by atoms with Crippen molar-refractivity contribution in [3.63, 3.8) is 0 Å². The summed E-state index contributed by atoms with van der Waals surface area (Å²) in [4.78, 5) is 24.1. The van der Waals surface area contributed by atoms with Gasteiger partial charge in [0.15, 0.2) is 0 Å². The van der Waals surface area contributed by atoms with E-state index < -0.39 is 0 Å². The number of hydrogen-bond acceptors (Lipinski definition) is 6. The number of halogens is 1. The lowest BCUT2D eigenvalue weighted by Gasteiger charge is -2.35. The third kappa shape index (κ3) is 7.33. The highest BCUT2D eigenvalue weighted by Gasteiger charge is 2.34. The molecule has 2 aromatic carbocycles. The van der Waals surface area contributed by atoms with Crippen LogP contribution in [-0.4, -0.2) is 37.0 Å². The molecule has 1 aliphatic heterocycles. The van der Waals surface area contributed by atoms with Gasteiger partial charge in [-0.2, -0.15) is 0 Å². The topological polar surface area (TPSA) is 61.8 Å². The number of thioether (sulfide) groups is 1. The number of esters is 2. The van der Waals surface area contributed by atoms with Crippen molar-refractivity contribution in [2.75, 3.05) is 12.9 Å². The van der Waals surface area contributed by atoms with Crippen LogP contribution in [-0.2, 0) is 36.6 Å². The van der Waals surface area contributed by atoms with E-state index in [-0.39, 0.29) is 36.9 Å². The summed E-state index contributed by atoms with van der Waals surface area (Å²) in [6, 6.07) is 13.0. The lowest BCUT2D eigenvalue weighted by atomic mass is 9.93. The minimum absolute atomic E-state index is 0.144. The van der Waals surface area contributed by atoms with E-state index in [0.29, 0.717) is 12.8 Å². The Morgan fingerprint density at radius 3 is 2.39 bits per heavy atom. The smallest absolute Gasteiger partial charge is 0.302 e. The van der Waals surface area contributed by atoms with Crippen LogP contribution in [0.5, 0.6) is 0 Å². The first-order valence-electron chi connectivity index (χ1n) is 11.2. The van der Waals surface area contributed by atoms with Crippen LogP contribution in [0.3, 0.4) is 0 Å². The van der Waals surface area contributed by atoms with E-state index in [1.807, 2.05) is 6.26 Å². The van der Waals surface area contributed by atoms with Crippen LogP contribution in [0.15, 0.2) is 45.8 Å². The summed E-state index contributed by atoms with van der Waals surface area (Å²) in [6.45, 7) is 5.09. The van der Waals surface area contributed by atoms with Gasteiger partial charge in [0, 0.05) is 36.1 Å². The summed E-state index contributed by atoms with van der Waals surface area (Å²) < 4.78 is 18.2. The molecule has 2 aromatic rings. The van der Waals surface area contributed by atoms with Gasteiger partial charge in [0.05, 0.1) is 12.2 Å². The van der Waals surface area contributed by atoms with Gasteiger partial charge in [0.25, 0.3) is 0 Å². The normalized spacial score (nSPS) is 20.3. The van der Waals surface area contributed by atoms with Crippen LogP contribution < -0.4 is 0 Å². The molecule has 0 bridgehead atoms. The molecule has 0 N–H and O–H groups in total. The van der Waals surface area contributed by atoms with Crippen LogP contribution in [0.1, 0.15) is 62.0 Å². The van der Waals surface area contributed by atoms with E-state index in [2.05, 4.69) is 59.3 Å². The van der Waals surface area contributed by atoms with Crippen molar-refractivity contribution < 1.29 is 23.8 Å². The molecule has 5 nitrogen and oxygen atoms in total. The SMILES string of the molecule is CCc1ccc(Cc2cc(C3CC(OC(C)=O)CC(COC(C)=O)O3)c(SC)cc2Br)cc1. The van der Waals surface area contributed by atoms with Crippen LogP contribution in [0.4, 0.5) is 0 Å². The van der Waals surface area contributed by atoms with Crippen molar-refractivity contribution in [3.05, 3.63) is 63.1 Å². The maximum absolute atomic E-state index is 11.6. The lowest BCUT2D eigenvalue weighted by molar-refractivity contribution is -0.169. The molecule has 178 valence electrons. The molecule has 0 amide bonds. The molecule has 3 unspecified atom stereocenters. The maximum atomic E-state index is 11.6. The van der Waals surface area contributed by atoms with Gasteiger partial charge >= 0.3 is 11.9 Å². The first kappa shape index (κ1) is 25.8. The predicted octanol–water partition coefficient (Wildman–Crippen LogP) is 6.04. The number of benzene rings is 2. The molecule has 0 spiro atoms. The second kappa shape index (κ2) is 12.0. The van der Waals surface area contributed by atoms with Gasteiger partial charge < -0.3 is 14.2 Å². The van der Waals surface area contributed by atoms with Crippen LogP contribution in [0.25, 0.3) is 0 Å². The third-order valence-electron chi connectivity index (χ3n) is 5.74. The third-order valence-corrected chi connectivity index (χ3v) is 7.27. The Labute approximate surface area is 208 Å². The Morgan fingerprint density at radius 2 is 1.79 bits per heavy atom. The lowest BCUT2D eigenvalue weighted by Crippen LogP contribution is -2.37. The summed E-state index contributed by atoms with van der Waals surface area (Å²) in [5.74, 6) is -0.668. The van der Waals surface area contributed by atoms with Crippen molar-refractivity contribution in [1.29, 1.82) is 0 Å². The molecule has 0 aliphatic carbocycles. The fourth-order valence-electron chi connectivity index (χ4n) is 4.12. The predicted molar refractivity (Wildman–Crippen MR) is 134 cm³/mol. The highest BCUT2D eigenvalue weighted by molar-refractivity contribution is 9.10. The van der Waals surface area contributed by atoms with Crippen molar-refractivity contribution in [2.45, 2.75) is 69.7 Å². The van der Waals surface area contributed by atoms with Crippen LogP contribution in [0.2, 0.25) is 0 Å². The number of ether oxygens (including phenoxy) is 3. The Hall–Kier alpha value is -1.83. The Kier molecular flexibility index (Phi) is 9.41. The maximum Gasteiger partial charge on any atom is 0.302 e. The fourth-order valence-corrected chi connectivity index (χ4v) is 5.41. The van der Waals surface area contributed by atoms with E-state index in [1.54, 1.807) is 11.8 Å². The molecular weight excluding hydrogens is 504 g/mol. The number of carbonyl (C=O) groups excluding carboxylic acids is 2. The molecular formula is C26H31BrO5S. The van der Waals surface area contributed by atoms with Gasteiger partial charge in [0.1, 0.15) is 12.7 Å². The zero-order chi connectivity index (χ0) is 24.0. The van der Waals surface area contributed by atoms with Gasteiger partial charge in [-0.1, -0.05) is 53.2 Å². The first-order chi connectivity index (χ1) is 15.8. The summed E-state index contributed by atoms with van der Waals surface area (Å²) >= 11 is 5.40. The molecule has 33 heavy (non-hydrogen) atoms. The minimum atomic E-state index is -0.352. The van der Waals surface area contributed by atoms with E-state index in [9.17, 15) is 9.59 Å². The van der Waals surface area contributed by atoms with Crippen molar-refractivity contribution in [1.82, 2.24) is 0 Å². The zero-order valence-corrected chi connectivity index (χ0v) is 22.0. The van der Waals surface area contributed by atoms with Gasteiger partial charge in [-0.15, -0.1) is 11.8 Å². The van der Waals surface area contributed by atoms with Gasteiger partial charge in [-0.05, 0) is 47.4 Å². The largest absolute Gasteiger partial charge is 0.463 e. The molecule has 0 saturated carbocycles. The fraction of sp³-hybridized carbons (Fsp3) is 0.462. The molecule has 1 heterocycles. The van der Waals surface area contributed by atoms with E-state index >= 15 is 0 Å². The molecule has 3 rings (SSSR count). The van der Waals surface area contributed by atoms with Crippen molar-refractivity contribution >= 4 is 39.6 Å². The van der Waals surface area contributed by atoms with E-state index in [4.69, 9.17) is 14.2 Å². The molecule has 0 aromatic heterocycles. The zero-order valence-electron chi connectivity index (χ0n) is 19.6. The van der Waals surface area contributed by atoms with E-state index in [1.165, 1.54) is 30.5 Å². The standard InChI is InChI=1S/C26H31BrO5S/c1-5-18-6-8-19(9-7-18)10-20-11-23(26(33-4)14-24(20)27)25-13-21(31-17(3)29)12-22(32-25)15-30-16(2)28/h6-9,11,14,21-22,25H,5,10,12-13,15H2,1-4H3. The monoisotopic (exact) mass is 534 g/mol. The first-order valence-corrected chi connectivity index (χ1v) is 13.2. The number of hydrogen-bond donors (Lipinski definition) is 0. The highest BCUT2D eigenvalue weighted by Crippen LogP contribution is 2.40. The van der Waals surface area contributed by atoms with Gasteiger partial charge in [-0.25, -0.2) is 0 Å².